The molecule has 0 aliphatic rings. The second-order valence-electron chi connectivity index (χ2n) is 4.65. The minimum Gasteiger partial charge on any atom is -0.490 e. The molecule has 0 unspecified atom stereocenters. The van der Waals surface area contributed by atoms with E-state index in [0.717, 1.165) is 14.9 Å². The van der Waals surface area contributed by atoms with Gasteiger partial charge in [-0.2, -0.15) is 0 Å². The zero-order chi connectivity index (χ0) is 16.9. The van der Waals surface area contributed by atoms with Crippen LogP contribution in [0, 0.1) is 0 Å². The molecule has 124 valence electrons. The number of halogens is 1. The van der Waals surface area contributed by atoms with Crippen LogP contribution in [-0.4, -0.2) is 23.1 Å². The first-order chi connectivity index (χ1) is 11.7. The Hall–Kier alpha value is -2.19. The molecule has 2 heterocycles. The third-order valence-electron chi connectivity index (χ3n) is 3.01. The van der Waals surface area contributed by atoms with Gasteiger partial charge in [0, 0.05) is 5.56 Å². The van der Waals surface area contributed by atoms with Gasteiger partial charge in [0.1, 0.15) is 6.29 Å². The molecule has 0 atom stereocenters. The van der Waals surface area contributed by atoms with E-state index in [-0.39, 0.29) is 6.61 Å². The summed E-state index contributed by atoms with van der Waals surface area (Å²) >= 11 is 4.91. The summed E-state index contributed by atoms with van der Waals surface area (Å²) in [5, 5.41) is 7.99. The van der Waals surface area contributed by atoms with E-state index in [9.17, 15) is 4.79 Å². The van der Waals surface area contributed by atoms with Crippen LogP contribution in [0.4, 0.5) is 0 Å². The molecule has 0 saturated heterocycles. The topological polar surface area (TPSA) is 74.5 Å². The van der Waals surface area contributed by atoms with Gasteiger partial charge in [-0.25, -0.2) is 0 Å². The molecule has 1 aromatic carbocycles. The van der Waals surface area contributed by atoms with Crippen LogP contribution in [-0.2, 0) is 6.61 Å². The lowest BCUT2D eigenvalue weighted by molar-refractivity contribution is 0.112. The lowest BCUT2D eigenvalue weighted by Crippen LogP contribution is -2.00. The highest BCUT2D eigenvalue weighted by molar-refractivity contribution is 9.11. The number of carbonyl (C=O) groups excluding carboxylic acids is 1. The maximum absolute atomic E-state index is 10.9. The van der Waals surface area contributed by atoms with Crippen LogP contribution in [0.15, 0.2) is 38.5 Å². The van der Waals surface area contributed by atoms with Gasteiger partial charge in [-0.05, 0) is 53.2 Å². The van der Waals surface area contributed by atoms with Crippen LogP contribution in [0.3, 0.4) is 0 Å². The average Bonchev–Trinajstić information content (AvgIpc) is 3.22. The molecule has 0 fully saturated rings. The van der Waals surface area contributed by atoms with Crippen LogP contribution in [0.5, 0.6) is 11.5 Å². The van der Waals surface area contributed by atoms with Crippen molar-refractivity contribution in [2.24, 2.45) is 0 Å². The van der Waals surface area contributed by atoms with Crippen molar-refractivity contribution in [2.45, 2.75) is 13.5 Å². The fourth-order valence-electron chi connectivity index (χ4n) is 1.97. The fourth-order valence-corrected chi connectivity index (χ4v) is 3.27. The third kappa shape index (κ3) is 3.82. The first-order valence-corrected chi connectivity index (χ1v) is 8.73. The first-order valence-electron chi connectivity index (χ1n) is 7.12. The van der Waals surface area contributed by atoms with Crippen molar-refractivity contribution in [2.75, 3.05) is 6.61 Å². The number of carbonyl (C=O) groups is 1. The molecule has 0 saturated carbocycles. The van der Waals surface area contributed by atoms with E-state index in [2.05, 4.69) is 26.1 Å². The maximum Gasteiger partial charge on any atom is 0.257 e. The van der Waals surface area contributed by atoms with Gasteiger partial charge >= 0.3 is 0 Å². The molecule has 0 aliphatic heterocycles. The monoisotopic (exact) mass is 408 g/mol. The van der Waals surface area contributed by atoms with E-state index in [4.69, 9.17) is 13.9 Å². The SMILES string of the molecule is CCOc1cc(C=O)ccc1OCc1nnc(-c2ccc(Br)s2)o1. The molecular weight excluding hydrogens is 396 g/mol. The number of aldehydes is 1. The van der Waals surface area contributed by atoms with Gasteiger partial charge in [0.05, 0.1) is 15.3 Å². The molecule has 24 heavy (non-hydrogen) atoms. The molecule has 3 rings (SSSR count). The van der Waals surface area contributed by atoms with E-state index < -0.39 is 0 Å². The van der Waals surface area contributed by atoms with Crippen molar-refractivity contribution >= 4 is 33.6 Å². The summed E-state index contributed by atoms with van der Waals surface area (Å²) < 4.78 is 17.8. The van der Waals surface area contributed by atoms with Gasteiger partial charge in [-0.1, -0.05) is 0 Å². The Labute approximate surface area is 150 Å². The molecular formula is C16H13BrN2O4S. The van der Waals surface area contributed by atoms with Crippen molar-refractivity contribution in [1.82, 2.24) is 10.2 Å². The van der Waals surface area contributed by atoms with E-state index >= 15 is 0 Å². The van der Waals surface area contributed by atoms with E-state index in [1.165, 1.54) is 11.3 Å². The number of ether oxygens (including phenoxy) is 2. The molecule has 8 heteroatoms. The largest absolute Gasteiger partial charge is 0.490 e. The van der Waals surface area contributed by atoms with E-state index in [0.29, 0.717) is 35.5 Å². The quantitative estimate of drug-likeness (QED) is 0.540. The molecule has 0 aliphatic carbocycles. The highest BCUT2D eigenvalue weighted by Crippen LogP contribution is 2.31. The average molecular weight is 409 g/mol. The summed E-state index contributed by atoms with van der Waals surface area (Å²) in [6.07, 6.45) is 0.760. The first kappa shape index (κ1) is 16.7. The Morgan fingerprint density at radius 3 is 2.79 bits per heavy atom. The maximum atomic E-state index is 10.9. The zero-order valence-corrected chi connectivity index (χ0v) is 15.1. The van der Waals surface area contributed by atoms with Crippen LogP contribution >= 0.6 is 27.3 Å². The van der Waals surface area contributed by atoms with Crippen molar-refractivity contribution in [1.29, 1.82) is 0 Å². The Kier molecular flexibility index (Phi) is 5.27. The normalized spacial score (nSPS) is 10.6. The predicted molar refractivity (Wildman–Crippen MR) is 92.6 cm³/mol. The van der Waals surface area contributed by atoms with E-state index in [1.807, 2.05) is 19.1 Å². The van der Waals surface area contributed by atoms with Crippen LogP contribution < -0.4 is 9.47 Å². The van der Waals surface area contributed by atoms with Crippen LogP contribution in [0.1, 0.15) is 23.2 Å². The van der Waals surface area contributed by atoms with E-state index in [1.54, 1.807) is 18.2 Å². The minimum atomic E-state index is 0.111. The number of hydrogen-bond donors (Lipinski definition) is 0. The van der Waals surface area contributed by atoms with Gasteiger partial charge < -0.3 is 13.9 Å². The second kappa shape index (κ2) is 7.59. The molecule has 0 radical (unpaired) electrons. The van der Waals surface area contributed by atoms with Gasteiger partial charge in [-0.3, -0.25) is 4.79 Å². The highest BCUT2D eigenvalue weighted by atomic mass is 79.9. The Balaban J connectivity index is 1.72. The van der Waals surface area contributed by atoms with Crippen LogP contribution in [0.25, 0.3) is 10.8 Å². The molecule has 6 nitrogen and oxygen atoms in total. The Bertz CT molecular complexity index is 846. The van der Waals surface area contributed by atoms with Crippen molar-refractivity contribution in [3.05, 3.63) is 45.6 Å². The number of thiophene rings is 1. The standard InChI is InChI=1S/C16H13BrN2O4S/c1-2-21-12-7-10(8-20)3-4-11(12)22-9-15-18-19-16(23-15)13-5-6-14(17)24-13/h3-8H,2,9H2,1H3. The Morgan fingerprint density at radius 2 is 2.08 bits per heavy atom. The molecule has 3 aromatic rings. The molecule has 0 bridgehead atoms. The lowest BCUT2D eigenvalue weighted by Gasteiger charge is -2.10. The molecule has 0 amide bonds. The summed E-state index contributed by atoms with van der Waals surface area (Å²) in [5.41, 5.74) is 0.522. The molecule has 0 N–H and O–H groups in total. The third-order valence-corrected chi connectivity index (χ3v) is 4.62. The van der Waals surface area contributed by atoms with Gasteiger partial charge in [0.2, 0.25) is 0 Å². The number of benzene rings is 1. The minimum absolute atomic E-state index is 0.111. The molecule has 0 spiro atoms. The van der Waals surface area contributed by atoms with Crippen molar-refractivity contribution in [3.63, 3.8) is 0 Å². The van der Waals surface area contributed by atoms with Gasteiger partial charge in [0.15, 0.2) is 18.1 Å². The summed E-state index contributed by atoms with van der Waals surface area (Å²) in [6, 6.07) is 8.80. The number of nitrogens with zero attached hydrogens (tertiary/aromatic N) is 2. The van der Waals surface area contributed by atoms with Crippen molar-refractivity contribution < 1.29 is 18.7 Å². The van der Waals surface area contributed by atoms with Gasteiger partial charge in [-0.15, -0.1) is 21.5 Å². The zero-order valence-electron chi connectivity index (χ0n) is 12.7. The number of hydrogen-bond acceptors (Lipinski definition) is 7. The molecule has 2 aromatic heterocycles. The lowest BCUT2D eigenvalue weighted by atomic mass is 10.2. The van der Waals surface area contributed by atoms with Crippen molar-refractivity contribution in [3.8, 4) is 22.3 Å². The van der Waals surface area contributed by atoms with Crippen LogP contribution in [0.2, 0.25) is 0 Å². The number of rotatable bonds is 7. The smallest absolute Gasteiger partial charge is 0.257 e. The highest BCUT2D eigenvalue weighted by Gasteiger charge is 2.13. The summed E-state index contributed by atoms with van der Waals surface area (Å²) in [4.78, 5) is 11.7. The second-order valence-corrected chi connectivity index (χ2v) is 7.11. The van der Waals surface area contributed by atoms with Gasteiger partial charge in [0.25, 0.3) is 11.8 Å². The summed E-state index contributed by atoms with van der Waals surface area (Å²) in [5.74, 6) is 1.83. The number of aromatic nitrogens is 2. The Morgan fingerprint density at radius 1 is 1.21 bits per heavy atom. The summed E-state index contributed by atoms with van der Waals surface area (Å²) in [6.45, 7) is 2.44. The summed E-state index contributed by atoms with van der Waals surface area (Å²) in [7, 11) is 0. The predicted octanol–water partition coefficient (Wildman–Crippen LogP) is 4.35. The fraction of sp³-hybridized carbons (Fsp3) is 0.188.